The fourth-order valence-electron chi connectivity index (χ4n) is 1.35. The highest BCUT2D eigenvalue weighted by molar-refractivity contribution is 8.00. The summed E-state index contributed by atoms with van der Waals surface area (Å²) >= 11 is 1.26. The molecule has 21 heavy (non-hydrogen) atoms. The van der Waals surface area contributed by atoms with Crippen molar-refractivity contribution in [1.29, 1.82) is 0 Å². The van der Waals surface area contributed by atoms with E-state index in [0.717, 1.165) is 4.31 Å². The third-order valence-electron chi connectivity index (χ3n) is 2.58. The summed E-state index contributed by atoms with van der Waals surface area (Å²) in [4.78, 5) is 15.9. The molecule has 1 heterocycles. The zero-order chi connectivity index (χ0) is 16.0. The molecule has 8 heteroatoms. The van der Waals surface area contributed by atoms with Crippen LogP contribution in [0.25, 0.3) is 0 Å². The Morgan fingerprint density at radius 1 is 1.52 bits per heavy atom. The number of sulfonamides is 1. The highest BCUT2D eigenvalue weighted by atomic mass is 32.2. The smallest absolute Gasteiger partial charge is 0.244 e. The molecule has 0 saturated carbocycles. The van der Waals surface area contributed by atoms with Crippen molar-refractivity contribution in [1.82, 2.24) is 14.6 Å². The average Bonchev–Trinajstić information content (AvgIpc) is 2.45. The van der Waals surface area contributed by atoms with Gasteiger partial charge in [-0.25, -0.2) is 17.7 Å². The Labute approximate surface area is 129 Å². The van der Waals surface area contributed by atoms with Crippen LogP contribution in [0.4, 0.5) is 0 Å². The molecule has 6 nitrogen and oxygen atoms in total. The number of amides is 1. The van der Waals surface area contributed by atoms with Gasteiger partial charge in [0.25, 0.3) is 0 Å². The predicted octanol–water partition coefficient (Wildman–Crippen LogP) is 1.11. The van der Waals surface area contributed by atoms with Gasteiger partial charge in [-0.2, -0.15) is 0 Å². The van der Waals surface area contributed by atoms with E-state index >= 15 is 0 Å². The minimum atomic E-state index is -3.48. The van der Waals surface area contributed by atoms with Crippen LogP contribution < -0.4 is 5.32 Å². The fourth-order valence-corrected chi connectivity index (χ4v) is 3.01. The zero-order valence-corrected chi connectivity index (χ0v) is 13.9. The first-order chi connectivity index (χ1) is 9.78. The monoisotopic (exact) mass is 329 g/mol. The van der Waals surface area contributed by atoms with Crippen molar-refractivity contribution < 1.29 is 13.2 Å². The standard InChI is InChI=1S/C13H19N3O3S2/c1-5-8-14-13(17)10(2)20-12-7-6-11(9-15-12)21(18,19)16(3)4/h5-7,9-10H,1,8H2,2-4H3,(H,14,17)/t10-/m0/s1. The minimum Gasteiger partial charge on any atom is -0.352 e. The van der Waals surface area contributed by atoms with E-state index in [9.17, 15) is 13.2 Å². The third-order valence-corrected chi connectivity index (χ3v) is 5.42. The van der Waals surface area contributed by atoms with Crippen LogP contribution in [-0.2, 0) is 14.8 Å². The fraction of sp³-hybridized carbons (Fsp3) is 0.385. The molecule has 1 rings (SSSR count). The highest BCUT2D eigenvalue weighted by Gasteiger charge is 2.18. The van der Waals surface area contributed by atoms with Gasteiger partial charge in [0.15, 0.2) is 0 Å². The van der Waals surface area contributed by atoms with Crippen molar-refractivity contribution in [3.63, 3.8) is 0 Å². The summed E-state index contributed by atoms with van der Waals surface area (Å²) in [7, 11) is -0.555. The summed E-state index contributed by atoms with van der Waals surface area (Å²) in [6, 6.07) is 3.08. The van der Waals surface area contributed by atoms with Gasteiger partial charge in [-0.15, -0.1) is 6.58 Å². The number of hydrogen-bond acceptors (Lipinski definition) is 5. The van der Waals surface area contributed by atoms with Crippen molar-refractivity contribution in [3.05, 3.63) is 31.0 Å². The number of thioether (sulfide) groups is 1. The van der Waals surface area contributed by atoms with Crippen molar-refractivity contribution in [3.8, 4) is 0 Å². The summed E-state index contributed by atoms with van der Waals surface area (Å²) in [5.74, 6) is -0.119. The third kappa shape index (κ3) is 4.83. The van der Waals surface area contributed by atoms with Gasteiger partial charge in [-0.3, -0.25) is 4.79 Å². The molecule has 116 valence electrons. The van der Waals surface area contributed by atoms with Crippen LogP contribution in [0.5, 0.6) is 0 Å². The molecule has 0 radical (unpaired) electrons. The van der Waals surface area contributed by atoms with E-state index in [2.05, 4.69) is 16.9 Å². The van der Waals surface area contributed by atoms with Crippen LogP contribution in [0.15, 0.2) is 40.9 Å². The van der Waals surface area contributed by atoms with E-state index in [1.165, 1.54) is 38.1 Å². The van der Waals surface area contributed by atoms with E-state index in [0.29, 0.717) is 11.6 Å². The molecule has 1 amide bonds. The lowest BCUT2D eigenvalue weighted by Gasteiger charge is -2.12. The first-order valence-corrected chi connectivity index (χ1v) is 8.55. The number of nitrogens with one attached hydrogen (secondary N) is 1. The van der Waals surface area contributed by atoms with Crippen LogP contribution in [0.2, 0.25) is 0 Å². The lowest BCUT2D eigenvalue weighted by atomic mass is 10.4. The second-order valence-corrected chi connectivity index (χ2v) is 7.93. The SMILES string of the molecule is C=CCNC(=O)[C@H](C)Sc1ccc(S(=O)(=O)N(C)C)cn1. The number of carbonyl (C=O) groups is 1. The first kappa shape index (κ1) is 17.7. The number of aromatic nitrogens is 1. The highest BCUT2D eigenvalue weighted by Crippen LogP contribution is 2.22. The lowest BCUT2D eigenvalue weighted by molar-refractivity contribution is -0.120. The van der Waals surface area contributed by atoms with Gasteiger partial charge in [-0.1, -0.05) is 17.8 Å². The molecule has 0 saturated heterocycles. The van der Waals surface area contributed by atoms with Crippen LogP contribution in [0.3, 0.4) is 0 Å². The predicted molar refractivity (Wildman–Crippen MR) is 83.6 cm³/mol. The van der Waals surface area contributed by atoms with Gasteiger partial charge in [0.05, 0.1) is 10.3 Å². The zero-order valence-electron chi connectivity index (χ0n) is 12.2. The molecular formula is C13H19N3O3S2. The molecule has 0 aliphatic heterocycles. The topological polar surface area (TPSA) is 79.4 Å². The summed E-state index contributed by atoms with van der Waals surface area (Å²) in [6.45, 7) is 5.70. The lowest BCUT2D eigenvalue weighted by Crippen LogP contribution is -2.30. The molecule has 1 aromatic rings. The van der Waals surface area contributed by atoms with Gasteiger partial charge in [0.2, 0.25) is 15.9 Å². The van der Waals surface area contributed by atoms with Crippen LogP contribution in [0.1, 0.15) is 6.92 Å². The minimum absolute atomic E-state index is 0.119. The van der Waals surface area contributed by atoms with E-state index in [-0.39, 0.29) is 16.1 Å². The molecule has 0 fully saturated rings. The Bertz CT molecular complexity index is 598. The Morgan fingerprint density at radius 2 is 2.19 bits per heavy atom. The number of pyridine rings is 1. The molecule has 0 aliphatic carbocycles. The van der Waals surface area contributed by atoms with E-state index in [1.54, 1.807) is 19.1 Å². The Morgan fingerprint density at radius 3 is 2.67 bits per heavy atom. The van der Waals surface area contributed by atoms with E-state index in [1.807, 2.05) is 0 Å². The molecule has 1 atom stereocenters. The summed E-state index contributed by atoms with van der Waals surface area (Å²) in [5.41, 5.74) is 0. The number of nitrogens with zero attached hydrogens (tertiary/aromatic N) is 2. The molecule has 0 aliphatic rings. The summed E-state index contributed by atoms with van der Waals surface area (Å²) < 4.78 is 24.9. The van der Waals surface area contributed by atoms with Crippen LogP contribution in [0, 0.1) is 0 Å². The Hall–Kier alpha value is -1.38. The summed E-state index contributed by atoms with van der Waals surface area (Å²) in [5, 5.41) is 2.96. The molecule has 1 N–H and O–H groups in total. The quantitative estimate of drug-likeness (QED) is 0.599. The van der Waals surface area contributed by atoms with E-state index in [4.69, 9.17) is 0 Å². The van der Waals surface area contributed by atoms with Gasteiger partial charge < -0.3 is 5.32 Å². The second-order valence-electron chi connectivity index (χ2n) is 4.41. The molecule has 0 aromatic carbocycles. The molecular weight excluding hydrogens is 310 g/mol. The maximum Gasteiger partial charge on any atom is 0.244 e. The first-order valence-electron chi connectivity index (χ1n) is 6.23. The molecule has 0 unspecified atom stereocenters. The second kappa shape index (κ2) is 7.58. The number of carbonyl (C=O) groups excluding carboxylic acids is 1. The molecule has 0 bridgehead atoms. The largest absolute Gasteiger partial charge is 0.352 e. The molecule has 0 spiro atoms. The van der Waals surface area contributed by atoms with E-state index < -0.39 is 10.0 Å². The van der Waals surface area contributed by atoms with Crippen molar-refractivity contribution in [2.24, 2.45) is 0 Å². The van der Waals surface area contributed by atoms with Gasteiger partial charge in [0.1, 0.15) is 4.90 Å². The normalized spacial score (nSPS) is 13.0. The Balaban J connectivity index is 2.75. The summed E-state index contributed by atoms with van der Waals surface area (Å²) in [6.07, 6.45) is 2.90. The maximum absolute atomic E-state index is 11.9. The maximum atomic E-state index is 11.9. The van der Waals surface area contributed by atoms with Gasteiger partial charge in [0, 0.05) is 26.8 Å². The van der Waals surface area contributed by atoms with Gasteiger partial charge >= 0.3 is 0 Å². The van der Waals surface area contributed by atoms with Crippen molar-refractivity contribution in [2.45, 2.75) is 22.1 Å². The van der Waals surface area contributed by atoms with Crippen molar-refractivity contribution >= 4 is 27.7 Å². The van der Waals surface area contributed by atoms with Crippen LogP contribution >= 0.6 is 11.8 Å². The van der Waals surface area contributed by atoms with Crippen LogP contribution in [-0.4, -0.2) is 49.5 Å². The Kier molecular flexibility index (Phi) is 6.38. The average molecular weight is 329 g/mol. The number of hydrogen-bond donors (Lipinski definition) is 1. The van der Waals surface area contributed by atoms with Crippen molar-refractivity contribution in [2.75, 3.05) is 20.6 Å². The van der Waals surface area contributed by atoms with Gasteiger partial charge in [-0.05, 0) is 19.1 Å². The molecule has 1 aromatic heterocycles. The number of rotatable bonds is 7.